The zero-order chi connectivity index (χ0) is 22.5. The number of benzene rings is 4. The second-order valence-corrected chi connectivity index (χ2v) is 144. The standard InChI is InChI=1S/C24H20Br4Se4/c25-29(21-13-5-1-6-14-21)30(26,22-15-7-2-8-16-22)32(28,24-19-11-4-12-20-24)31(29,27)23-17-9-3-10-18-23/h1-20H. The van der Waals surface area contributed by atoms with Gasteiger partial charge in [-0.15, -0.1) is 0 Å². The van der Waals surface area contributed by atoms with Crippen LogP contribution in [0, 0.1) is 0 Å². The summed E-state index contributed by atoms with van der Waals surface area (Å²) in [6, 6.07) is 45.2. The minimum absolute atomic E-state index is 1.52. The first-order chi connectivity index (χ1) is 15.4. The van der Waals surface area contributed by atoms with Gasteiger partial charge in [0.25, 0.3) is 0 Å². The van der Waals surface area contributed by atoms with Crippen molar-refractivity contribution in [2.45, 2.75) is 0 Å². The molecule has 1 fully saturated rings. The summed E-state index contributed by atoms with van der Waals surface area (Å²) in [7, 11) is -9.82. The van der Waals surface area contributed by atoms with Crippen LogP contribution in [0.4, 0.5) is 0 Å². The summed E-state index contributed by atoms with van der Waals surface area (Å²) in [6.07, 6.45) is 0. The van der Waals surface area contributed by atoms with Crippen LogP contribution >= 0.6 is 56.4 Å². The Morgan fingerprint density at radius 3 is 0.594 bits per heavy atom. The zero-order valence-corrected chi connectivity index (χ0v) is 29.9. The molecular formula is C24H20Br4Se4. The van der Waals surface area contributed by atoms with Crippen LogP contribution in [0.1, 0.15) is 0 Å². The Hall–Kier alpha value is 0.878. The van der Waals surface area contributed by atoms with Crippen molar-refractivity contribution in [3.05, 3.63) is 121 Å². The van der Waals surface area contributed by atoms with Crippen LogP contribution in [-0.4, -0.2) is 29.5 Å². The van der Waals surface area contributed by atoms with Crippen molar-refractivity contribution in [1.29, 1.82) is 0 Å². The van der Waals surface area contributed by atoms with E-state index < -0.39 is 29.5 Å². The molecule has 5 rings (SSSR count). The first-order valence-electron chi connectivity index (χ1n) is 9.74. The third kappa shape index (κ3) is 3.20. The Kier molecular flexibility index (Phi) is 7.21. The van der Waals surface area contributed by atoms with Crippen molar-refractivity contribution in [3.8, 4) is 0 Å². The molecule has 1 aliphatic heterocycles. The molecule has 0 aromatic heterocycles. The van der Waals surface area contributed by atoms with E-state index in [-0.39, 0.29) is 0 Å². The summed E-state index contributed by atoms with van der Waals surface area (Å²) in [5, 5.41) is 0. The van der Waals surface area contributed by atoms with Crippen LogP contribution in [-0.2, 0) is 0 Å². The number of halogens is 4. The molecule has 1 saturated heterocycles. The second kappa shape index (κ2) is 9.40. The molecular weight excluding hydrogens is 924 g/mol. The molecule has 0 unspecified atom stereocenters. The van der Waals surface area contributed by atoms with Crippen molar-refractivity contribution in [1.82, 2.24) is 0 Å². The second-order valence-electron chi connectivity index (χ2n) is 7.00. The topological polar surface area (TPSA) is 0 Å². The summed E-state index contributed by atoms with van der Waals surface area (Å²) in [6.45, 7) is 0. The molecule has 0 bridgehead atoms. The van der Waals surface area contributed by atoms with Gasteiger partial charge in [0.2, 0.25) is 0 Å². The Morgan fingerprint density at radius 2 is 0.438 bits per heavy atom. The molecule has 4 aromatic carbocycles. The maximum atomic E-state index is 4.68. The van der Waals surface area contributed by atoms with Gasteiger partial charge in [-0.25, -0.2) is 0 Å². The van der Waals surface area contributed by atoms with Crippen molar-refractivity contribution in [3.63, 3.8) is 0 Å². The van der Waals surface area contributed by atoms with E-state index in [1.807, 2.05) is 0 Å². The van der Waals surface area contributed by atoms with Gasteiger partial charge in [0.1, 0.15) is 0 Å². The Morgan fingerprint density at radius 1 is 0.281 bits per heavy atom. The molecule has 1 heterocycles. The molecule has 0 N–H and O–H groups in total. The predicted molar refractivity (Wildman–Crippen MR) is 163 cm³/mol. The molecule has 0 nitrogen and oxygen atoms in total. The van der Waals surface area contributed by atoms with Crippen molar-refractivity contribution in [2.75, 3.05) is 0 Å². The number of rotatable bonds is 4. The summed E-state index contributed by atoms with van der Waals surface area (Å²) >= 11 is 18.7. The van der Waals surface area contributed by atoms with Gasteiger partial charge in [0, 0.05) is 0 Å². The van der Waals surface area contributed by atoms with Gasteiger partial charge in [-0.3, -0.25) is 0 Å². The fourth-order valence-corrected chi connectivity index (χ4v) is 767. The molecule has 0 atom stereocenters. The van der Waals surface area contributed by atoms with Crippen LogP contribution in [0.5, 0.6) is 0 Å². The van der Waals surface area contributed by atoms with Gasteiger partial charge in [0.15, 0.2) is 0 Å². The number of hydrogen-bond acceptors (Lipinski definition) is 0. The van der Waals surface area contributed by atoms with Crippen LogP contribution in [0.2, 0.25) is 0 Å². The van der Waals surface area contributed by atoms with Crippen LogP contribution in [0.25, 0.3) is 0 Å². The van der Waals surface area contributed by atoms with Crippen molar-refractivity contribution >= 4 is 104 Å². The van der Waals surface area contributed by atoms with Crippen molar-refractivity contribution in [2.24, 2.45) is 0 Å². The SMILES string of the molecule is Br[Se]1(c2ccccc2)[Se](Br)(c2ccccc2)[Se](Br)(c2ccccc2)[Se]1(Br)c1ccccc1. The Bertz CT molecular complexity index is 1020. The van der Waals surface area contributed by atoms with Gasteiger partial charge < -0.3 is 0 Å². The summed E-state index contributed by atoms with van der Waals surface area (Å²) < 4.78 is 6.09. The van der Waals surface area contributed by atoms with E-state index in [2.05, 4.69) is 178 Å². The quantitative estimate of drug-likeness (QED) is 0.244. The molecule has 0 spiro atoms. The monoisotopic (exact) mass is 943 g/mol. The van der Waals surface area contributed by atoms with Gasteiger partial charge >= 0.3 is 225 Å². The fourth-order valence-electron chi connectivity index (χ4n) is 3.75. The minimum atomic E-state index is -2.46. The first-order valence-corrected chi connectivity index (χ1v) is 46.6. The molecule has 0 amide bonds. The van der Waals surface area contributed by atoms with E-state index in [0.717, 1.165) is 0 Å². The summed E-state index contributed by atoms with van der Waals surface area (Å²) in [5.41, 5.74) is 0. The van der Waals surface area contributed by atoms with E-state index in [9.17, 15) is 0 Å². The molecule has 8 heteroatoms. The fraction of sp³-hybridized carbons (Fsp3) is 0. The Balaban J connectivity index is 1.91. The summed E-state index contributed by atoms with van der Waals surface area (Å²) in [4.78, 5) is 0. The molecule has 32 heavy (non-hydrogen) atoms. The van der Waals surface area contributed by atoms with Gasteiger partial charge in [-0.2, -0.15) is 0 Å². The first kappa shape index (κ1) is 24.6. The molecule has 4 aromatic rings. The normalized spacial score (nSPS) is 39.6. The van der Waals surface area contributed by atoms with Gasteiger partial charge in [-0.05, 0) is 0 Å². The molecule has 0 aliphatic carbocycles. The third-order valence-electron chi connectivity index (χ3n) is 5.20. The van der Waals surface area contributed by atoms with E-state index in [1.54, 1.807) is 0 Å². The summed E-state index contributed by atoms with van der Waals surface area (Å²) in [5.74, 6) is 0. The average molecular weight is 944 g/mol. The third-order valence-corrected chi connectivity index (χ3v) is 414. The molecule has 1 aliphatic rings. The van der Waals surface area contributed by atoms with Crippen molar-refractivity contribution < 1.29 is 0 Å². The molecule has 0 saturated carbocycles. The van der Waals surface area contributed by atoms with Crippen LogP contribution in [0.3, 0.4) is 0 Å². The Labute approximate surface area is 221 Å². The van der Waals surface area contributed by atoms with E-state index in [0.29, 0.717) is 0 Å². The van der Waals surface area contributed by atoms with Crippen LogP contribution < -0.4 is 17.8 Å². The predicted octanol–water partition coefficient (Wildman–Crippen LogP) is 5.30. The van der Waals surface area contributed by atoms with Gasteiger partial charge in [-0.1, -0.05) is 0 Å². The van der Waals surface area contributed by atoms with Crippen LogP contribution in [0.15, 0.2) is 121 Å². The average Bonchev–Trinajstić information content (AvgIpc) is 2.88. The van der Waals surface area contributed by atoms with E-state index >= 15 is 0 Å². The van der Waals surface area contributed by atoms with E-state index in [1.165, 1.54) is 17.8 Å². The zero-order valence-electron chi connectivity index (χ0n) is 16.7. The van der Waals surface area contributed by atoms with Gasteiger partial charge in [0.05, 0.1) is 0 Å². The van der Waals surface area contributed by atoms with E-state index in [4.69, 9.17) is 0 Å². The number of hydrogen-bond donors (Lipinski definition) is 0. The molecule has 0 radical (unpaired) electrons. The molecule has 168 valence electrons. The maximum absolute atomic E-state index is 4.68.